The summed E-state index contributed by atoms with van der Waals surface area (Å²) in [6.45, 7) is 6.19. The van der Waals surface area contributed by atoms with Crippen molar-refractivity contribution in [3.05, 3.63) is 18.0 Å². The van der Waals surface area contributed by atoms with Gasteiger partial charge in [-0.3, -0.25) is 4.90 Å². The average Bonchev–Trinajstić information content (AvgIpc) is 3.16. The summed E-state index contributed by atoms with van der Waals surface area (Å²) in [6, 6.07) is 0.838. The van der Waals surface area contributed by atoms with Gasteiger partial charge >= 0.3 is 0 Å². The molecule has 3 aliphatic rings. The maximum absolute atomic E-state index is 6.20. The Bertz CT molecular complexity index is 520. The van der Waals surface area contributed by atoms with Crippen LogP contribution < -0.4 is 5.32 Å². The van der Waals surface area contributed by atoms with Gasteiger partial charge < -0.3 is 10.1 Å². The molecular weight excluding hydrogens is 288 g/mol. The Labute approximate surface area is 138 Å². The minimum Gasteiger partial charge on any atom is -0.372 e. The van der Waals surface area contributed by atoms with E-state index in [4.69, 9.17) is 4.74 Å². The number of hydrogen-bond acceptors (Lipinski definition) is 5. The van der Waals surface area contributed by atoms with Gasteiger partial charge in [0.1, 0.15) is 0 Å². The van der Waals surface area contributed by atoms with Gasteiger partial charge in [0, 0.05) is 44.7 Å². The number of ether oxygens (including phenoxy) is 1. The van der Waals surface area contributed by atoms with Crippen LogP contribution in [0.1, 0.15) is 44.1 Å². The van der Waals surface area contributed by atoms with Crippen molar-refractivity contribution in [2.24, 2.45) is 5.92 Å². The molecule has 1 atom stereocenters. The van der Waals surface area contributed by atoms with E-state index in [1.165, 1.54) is 32.1 Å². The van der Waals surface area contributed by atoms with Crippen molar-refractivity contribution in [2.45, 2.75) is 57.1 Å². The van der Waals surface area contributed by atoms with Gasteiger partial charge in [0.05, 0.1) is 5.60 Å². The Kier molecular flexibility index (Phi) is 4.24. The lowest BCUT2D eigenvalue weighted by Gasteiger charge is -2.53. The summed E-state index contributed by atoms with van der Waals surface area (Å²) in [7, 11) is 0. The molecule has 4 rings (SSSR count). The first-order valence-electron chi connectivity index (χ1n) is 9.16. The lowest BCUT2D eigenvalue weighted by molar-refractivity contribution is -0.146. The van der Waals surface area contributed by atoms with Crippen molar-refractivity contribution in [1.29, 1.82) is 0 Å². The molecule has 5 heteroatoms. The van der Waals surface area contributed by atoms with E-state index in [1.807, 2.05) is 19.3 Å². The van der Waals surface area contributed by atoms with E-state index in [-0.39, 0.29) is 5.60 Å². The summed E-state index contributed by atoms with van der Waals surface area (Å²) in [4.78, 5) is 11.3. The third-order valence-corrected chi connectivity index (χ3v) is 5.94. The predicted octanol–water partition coefficient (Wildman–Crippen LogP) is 2.62. The maximum atomic E-state index is 6.20. The largest absolute Gasteiger partial charge is 0.372 e. The third kappa shape index (κ3) is 3.09. The predicted molar refractivity (Wildman–Crippen MR) is 90.5 cm³/mol. The first kappa shape index (κ1) is 15.3. The number of anilines is 1. The van der Waals surface area contributed by atoms with E-state index in [2.05, 4.69) is 20.2 Å². The topological polar surface area (TPSA) is 50.3 Å². The van der Waals surface area contributed by atoms with Crippen LogP contribution in [0.3, 0.4) is 0 Å². The van der Waals surface area contributed by atoms with E-state index in [9.17, 15) is 0 Å². The molecule has 1 N–H and O–H groups in total. The van der Waals surface area contributed by atoms with Crippen LogP contribution >= 0.6 is 0 Å². The Hall–Kier alpha value is -1.20. The summed E-state index contributed by atoms with van der Waals surface area (Å²) in [6.07, 6.45) is 11.7. The first-order valence-corrected chi connectivity index (χ1v) is 9.16. The fourth-order valence-electron chi connectivity index (χ4n) is 4.55. The lowest BCUT2D eigenvalue weighted by Crippen LogP contribution is -2.66. The number of aromatic nitrogens is 2. The molecule has 126 valence electrons. The molecule has 1 aromatic rings. The fraction of sp³-hybridized carbons (Fsp3) is 0.778. The number of nitrogens with one attached hydrogen (secondary N) is 1. The molecule has 1 spiro atoms. The zero-order valence-electron chi connectivity index (χ0n) is 14.1. The minimum atomic E-state index is 0.151. The highest BCUT2D eigenvalue weighted by Crippen LogP contribution is 2.44. The van der Waals surface area contributed by atoms with Crippen LogP contribution in [0.5, 0.6) is 0 Å². The molecular formula is C18H28N4O. The highest BCUT2D eigenvalue weighted by atomic mass is 16.5. The standard InChI is InChI=1S/C18H28N4O/c1-14-10-20-17(21-11-14)19-8-6-15-7-9-23-18(15)12-22(13-18)16-4-2-3-5-16/h10-11,15-16H,2-9,12-13H2,1H3,(H,19,20,21)/t15-/m0/s1. The SMILES string of the molecule is Cc1cnc(NCC[C@H]2CCOC23CN(C2CCCC2)C3)nc1. The van der Waals surface area contributed by atoms with Gasteiger partial charge in [0.25, 0.3) is 0 Å². The smallest absolute Gasteiger partial charge is 0.222 e. The average molecular weight is 316 g/mol. The van der Waals surface area contributed by atoms with Crippen molar-refractivity contribution in [3.63, 3.8) is 0 Å². The highest BCUT2D eigenvalue weighted by molar-refractivity contribution is 5.24. The Morgan fingerprint density at radius 2 is 1.96 bits per heavy atom. The normalized spacial score (nSPS) is 27.4. The van der Waals surface area contributed by atoms with Crippen LogP contribution in [0, 0.1) is 12.8 Å². The summed E-state index contributed by atoms with van der Waals surface area (Å²) >= 11 is 0. The molecule has 0 aromatic carbocycles. The van der Waals surface area contributed by atoms with Crippen molar-refractivity contribution in [3.8, 4) is 0 Å². The van der Waals surface area contributed by atoms with Crippen LogP contribution in [0.4, 0.5) is 5.95 Å². The molecule has 1 saturated carbocycles. The molecule has 3 heterocycles. The molecule has 0 bridgehead atoms. The lowest BCUT2D eigenvalue weighted by atomic mass is 9.78. The monoisotopic (exact) mass is 316 g/mol. The second-order valence-electron chi connectivity index (χ2n) is 7.54. The highest BCUT2D eigenvalue weighted by Gasteiger charge is 2.54. The van der Waals surface area contributed by atoms with Crippen molar-refractivity contribution < 1.29 is 4.74 Å². The first-order chi connectivity index (χ1) is 11.3. The Balaban J connectivity index is 1.26. The minimum absolute atomic E-state index is 0.151. The van der Waals surface area contributed by atoms with Gasteiger partial charge in [-0.1, -0.05) is 12.8 Å². The van der Waals surface area contributed by atoms with Gasteiger partial charge in [-0.2, -0.15) is 0 Å². The Morgan fingerprint density at radius 3 is 2.70 bits per heavy atom. The molecule has 0 unspecified atom stereocenters. The Morgan fingerprint density at radius 1 is 1.22 bits per heavy atom. The summed E-state index contributed by atoms with van der Waals surface area (Å²) in [5.74, 6) is 1.42. The molecule has 2 saturated heterocycles. The van der Waals surface area contributed by atoms with Gasteiger partial charge in [0.15, 0.2) is 0 Å². The van der Waals surface area contributed by atoms with E-state index >= 15 is 0 Å². The van der Waals surface area contributed by atoms with Crippen LogP contribution in [0.15, 0.2) is 12.4 Å². The number of likely N-dealkylation sites (tertiary alicyclic amines) is 1. The summed E-state index contributed by atoms with van der Waals surface area (Å²) in [5.41, 5.74) is 1.25. The van der Waals surface area contributed by atoms with Gasteiger partial charge in [-0.25, -0.2) is 9.97 Å². The zero-order valence-corrected chi connectivity index (χ0v) is 14.1. The molecule has 5 nitrogen and oxygen atoms in total. The molecule has 23 heavy (non-hydrogen) atoms. The van der Waals surface area contributed by atoms with E-state index in [1.54, 1.807) is 0 Å². The summed E-state index contributed by atoms with van der Waals surface area (Å²) < 4.78 is 6.20. The molecule has 1 aliphatic carbocycles. The van der Waals surface area contributed by atoms with Crippen LogP contribution in [0.25, 0.3) is 0 Å². The van der Waals surface area contributed by atoms with Gasteiger partial charge in [-0.05, 0) is 44.1 Å². The quantitative estimate of drug-likeness (QED) is 0.905. The molecule has 0 radical (unpaired) electrons. The number of hydrogen-bond donors (Lipinski definition) is 1. The second kappa shape index (κ2) is 6.36. The second-order valence-corrected chi connectivity index (χ2v) is 7.54. The van der Waals surface area contributed by atoms with Gasteiger partial charge in [-0.15, -0.1) is 0 Å². The third-order valence-electron chi connectivity index (χ3n) is 5.94. The molecule has 3 fully saturated rings. The zero-order chi connectivity index (χ0) is 15.7. The van der Waals surface area contributed by atoms with Crippen LogP contribution in [0.2, 0.25) is 0 Å². The molecule has 2 aliphatic heterocycles. The number of rotatable bonds is 5. The van der Waals surface area contributed by atoms with Crippen molar-refractivity contribution >= 4 is 5.95 Å². The van der Waals surface area contributed by atoms with E-state index in [0.717, 1.165) is 50.2 Å². The van der Waals surface area contributed by atoms with Crippen LogP contribution in [-0.4, -0.2) is 52.8 Å². The molecule has 1 aromatic heterocycles. The fourth-order valence-corrected chi connectivity index (χ4v) is 4.55. The maximum Gasteiger partial charge on any atom is 0.222 e. The number of aryl methyl sites for hydroxylation is 1. The van der Waals surface area contributed by atoms with Crippen molar-refractivity contribution in [2.75, 3.05) is 31.6 Å². The van der Waals surface area contributed by atoms with Crippen molar-refractivity contribution in [1.82, 2.24) is 14.9 Å². The van der Waals surface area contributed by atoms with E-state index in [0.29, 0.717) is 5.92 Å². The van der Waals surface area contributed by atoms with Gasteiger partial charge in [0.2, 0.25) is 5.95 Å². The molecule has 0 amide bonds. The summed E-state index contributed by atoms with van der Waals surface area (Å²) in [5, 5.41) is 3.36. The van der Waals surface area contributed by atoms with Crippen LogP contribution in [-0.2, 0) is 4.74 Å². The number of nitrogens with zero attached hydrogens (tertiary/aromatic N) is 3. The van der Waals surface area contributed by atoms with E-state index < -0.39 is 0 Å².